The topological polar surface area (TPSA) is 26.3 Å². The summed E-state index contributed by atoms with van der Waals surface area (Å²) in [5.41, 5.74) is 0. The fraction of sp³-hybridized carbons (Fsp3) is 0.688. The summed E-state index contributed by atoms with van der Waals surface area (Å²) in [6, 6.07) is 0. The Kier molecular flexibility index (Phi) is 11.7. The number of esters is 1. The molecule has 0 saturated heterocycles. The minimum atomic E-state index is -0.189. The third kappa shape index (κ3) is 11.4. The third-order valence-electron chi connectivity index (χ3n) is 2.95. The Morgan fingerprint density at radius 2 is 1.67 bits per heavy atom. The van der Waals surface area contributed by atoms with Crippen LogP contribution in [0.1, 0.15) is 64.7 Å². The van der Waals surface area contributed by atoms with Gasteiger partial charge in [0, 0.05) is 13.3 Å². The first-order chi connectivity index (χ1) is 8.70. The van der Waals surface area contributed by atoms with Gasteiger partial charge in [-0.25, -0.2) is 0 Å². The average molecular weight is 252 g/mol. The molecule has 0 heterocycles. The monoisotopic (exact) mass is 252 g/mol. The summed E-state index contributed by atoms with van der Waals surface area (Å²) in [5.74, 6) is -0.189. The first-order valence-electron chi connectivity index (χ1n) is 7.09. The first kappa shape index (κ1) is 16.9. The Labute approximate surface area is 112 Å². The molecule has 104 valence electrons. The molecular weight excluding hydrogens is 224 g/mol. The Morgan fingerprint density at radius 3 is 2.22 bits per heavy atom. The lowest BCUT2D eigenvalue weighted by Crippen LogP contribution is -2.15. The molecule has 0 bridgehead atoms. The van der Waals surface area contributed by atoms with Crippen LogP contribution in [0.4, 0.5) is 0 Å². The lowest BCUT2D eigenvalue weighted by molar-refractivity contribution is -0.146. The van der Waals surface area contributed by atoms with E-state index < -0.39 is 0 Å². The van der Waals surface area contributed by atoms with Crippen LogP contribution in [0.15, 0.2) is 25.3 Å². The Bertz CT molecular complexity index is 233. The molecule has 0 aromatic rings. The smallest absolute Gasteiger partial charge is 0.302 e. The lowest BCUT2D eigenvalue weighted by atomic mass is 10.0. The molecule has 2 heteroatoms. The molecule has 0 saturated carbocycles. The molecule has 0 radical (unpaired) electrons. The second kappa shape index (κ2) is 12.4. The summed E-state index contributed by atoms with van der Waals surface area (Å²) < 4.78 is 5.23. The predicted octanol–water partition coefficient (Wildman–Crippen LogP) is 4.80. The van der Waals surface area contributed by atoms with Gasteiger partial charge < -0.3 is 4.74 Å². The quantitative estimate of drug-likeness (QED) is 0.283. The summed E-state index contributed by atoms with van der Waals surface area (Å²) in [6.07, 6.45) is 14.2. The predicted molar refractivity (Wildman–Crippen MR) is 77.5 cm³/mol. The standard InChI is InChI=1S/C16H28O2/c1-4-6-7-8-9-10-11-12-14-16(13-5-2)18-15(3)17/h4-5,16H,1-2,6-14H2,3H3. The van der Waals surface area contributed by atoms with Crippen molar-refractivity contribution in [1.82, 2.24) is 0 Å². The van der Waals surface area contributed by atoms with E-state index >= 15 is 0 Å². The highest BCUT2D eigenvalue weighted by molar-refractivity contribution is 5.66. The van der Waals surface area contributed by atoms with Gasteiger partial charge in [-0.15, -0.1) is 13.2 Å². The molecule has 2 nitrogen and oxygen atoms in total. The highest BCUT2D eigenvalue weighted by Gasteiger charge is 2.09. The molecule has 0 aliphatic heterocycles. The maximum atomic E-state index is 10.9. The molecule has 0 aromatic carbocycles. The molecule has 1 atom stereocenters. The average Bonchev–Trinajstić information content (AvgIpc) is 2.32. The number of hydrogen-bond acceptors (Lipinski definition) is 2. The molecular formula is C16H28O2. The Morgan fingerprint density at radius 1 is 1.06 bits per heavy atom. The van der Waals surface area contributed by atoms with Gasteiger partial charge in [0.05, 0.1) is 0 Å². The van der Waals surface area contributed by atoms with Gasteiger partial charge in [0.2, 0.25) is 0 Å². The van der Waals surface area contributed by atoms with Crippen LogP contribution in [-0.2, 0) is 9.53 Å². The molecule has 0 amide bonds. The van der Waals surface area contributed by atoms with E-state index in [0.717, 1.165) is 25.7 Å². The zero-order chi connectivity index (χ0) is 13.6. The van der Waals surface area contributed by atoms with Crippen molar-refractivity contribution in [2.45, 2.75) is 70.8 Å². The number of unbranched alkanes of at least 4 members (excludes halogenated alkanes) is 6. The van der Waals surface area contributed by atoms with Gasteiger partial charge in [0.15, 0.2) is 0 Å². The van der Waals surface area contributed by atoms with Crippen molar-refractivity contribution in [3.63, 3.8) is 0 Å². The normalized spacial score (nSPS) is 11.8. The summed E-state index contributed by atoms with van der Waals surface area (Å²) in [6.45, 7) is 8.88. The van der Waals surface area contributed by atoms with Crippen molar-refractivity contribution in [1.29, 1.82) is 0 Å². The number of hydrogen-bond donors (Lipinski definition) is 0. The van der Waals surface area contributed by atoms with Gasteiger partial charge in [-0.05, 0) is 25.7 Å². The van der Waals surface area contributed by atoms with Gasteiger partial charge in [0.1, 0.15) is 6.10 Å². The van der Waals surface area contributed by atoms with E-state index in [1.54, 1.807) is 0 Å². The van der Waals surface area contributed by atoms with Crippen LogP contribution in [0, 0.1) is 0 Å². The van der Waals surface area contributed by atoms with Crippen molar-refractivity contribution < 1.29 is 9.53 Å². The van der Waals surface area contributed by atoms with E-state index in [1.807, 2.05) is 12.2 Å². The number of rotatable bonds is 12. The van der Waals surface area contributed by atoms with E-state index in [0.29, 0.717) is 0 Å². The molecule has 0 N–H and O–H groups in total. The summed E-state index contributed by atoms with van der Waals surface area (Å²) in [4.78, 5) is 10.9. The lowest BCUT2D eigenvalue weighted by Gasteiger charge is -2.14. The molecule has 0 spiro atoms. The number of carbonyl (C=O) groups excluding carboxylic acids is 1. The zero-order valence-corrected chi connectivity index (χ0v) is 11.8. The highest BCUT2D eigenvalue weighted by Crippen LogP contribution is 2.13. The first-order valence-corrected chi connectivity index (χ1v) is 7.09. The number of ether oxygens (including phenoxy) is 1. The second-order valence-corrected chi connectivity index (χ2v) is 4.74. The van der Waals surface area contributed by atoms with E-state index in [1.165, 1.54) is 39.0 Å². The SMILES string of the molecule is C=CCCCCCCCCC(CC=C)OC(C)=O. The maximum absolute atomic E-state index is 10.9. The number of allylic oxidation sites excluding steroid dienone is 1. The van der Waals surface area contributed by atoms with Gasteiger partial charge in [-0.3, -0.25) is 4.79 Å². The summed E-state index contributed by atoms with van der Waals surface area (Å²) in [7, 11) is 0. The highest BCUT2D eigenvalue weighted by atomic mass is 16.5. The minimum absolute atomic E-state index is 0.0285. The molecule has 1 unspecified atom stereocenters. The van der Waals surface area contributed by atoms with Crippen molar-refractivity contribution >= 4 is 5.97 Å². The van der Waals surface area contributed by atoms with Crippen LogP contribution < -0.4 is 0 Å². The minimum Gasteiger partial charge on any atom is -0.462 e. The molecule has 0 aromatic heterocycles. The Hall–Kier alpha value is -1.05. The number of carbonyl (C=O) groups is 1. The van der Waals surface area contributed by atoms with Crippen LogP contribution in [0.5, 0.6) is 0 Å². The van der Waals surface area contributed by atoms with Gasteiger partial charge in [0.25, 0.3) is 0 Å². The van der Waals surface area contributed by atoms with Crippen LogP contribution in [0.2, 0.25) is 0 Å². The van der Waals surface area contributed by atoms with Gasteiger partial charge in [-0.2, -0.15) is 0 Å². The van der Waals surface area contributed by atoms with Crippen LogP contribution in [0.3, 0.4) is 0 Å². The molecule has 0 fully saturated rings. The molecule has 0 aliphatic rings. The van der Waals surface area contributed by atoms with Crippen molar-refractivity contribution in [2.75, 3.05) is 0 Å². The van der Waals surface area contributed by atoms with Crippen molar-refractivity contribution in [3.8, 4) is 0 Å². The van der Waals surface area contributed by atoms with Crippen molar-refractivity contribution in [2.24, 2.45) is 0 Å². The van der Waals surface area contributed by atoms with Gasteiger partial charge >= 0.3 is 5.97 Å². The third-order valence-corrected chi connectivity index (χ3v) is 2.95. The van der Waals surface area contributed by atoms with Crippen LogP contribution >= 0.6 is 0 Å². The fourth-order valence-corrected chi connectivity index (χ4v) is 2.01. The summed E-state index contributed by atoms with van der Waals surface area (Å²) in [5, 5.41) is 0. The zero-order valence-electron chi connectivity index (χ0n) is 11.8. The van der Waals surface area contributed by atoms with Crippen LogP contribution in [0.25, 0.3) is 0 Å². The largest absolute Gasteiger partial charge is 0.462 e. The molecule has 0 aliphatic carbocycles. The fourth-order valence-electron chi connectivity index (χ4n) is 2.01. The van der Waals surface area contributed by atoms with E-state index in [-0.39, 0.29) is 12.1 Å². The van der Waals surface area contributed by atoms with E-state index in [2.05, 4.69) is 13.2 Å². The molecule has 18 heavy (non-hydrogen) atoms. The van der Waals surface area contributed by atoms with Crippen LogP contribution in [-0.4, -0.2) is 12.1 Å². The van der Waals surface area contributed by atoms with Gasteiger partial charge in [-0.1, -0.05) is 37.8 Å². The second-order valence-electron chi connectivity index (χ2n) is 4.74. The van der Waals surface area contributed by atoms with Crippen molar-refractivity contribution in [3.05, 3.63) is 25.3 Å². The Balaban J connectivity index is 3.45. The molecule has 0 rings (SSSR count). The summed E-state index contributed by atoms with van der Waals surface area (Å²) >= 11 is 0. The van der Waals surface area contributed by atoms with E-state index in [4.69, 9.17) is 4.74 Å². The maximum Gasteiger partial charge on any atom is 0.302 e. The van der Waals surface area contributed by atoms with E-state index in [9.17, 15) is 4.79 Å².